The third-order valence-electron chi connectivity index (χ3n) is 7.67. The van der Waals surface area contributed by atoms with Gasteiger partial charge in [0.05, 0.1) is 5.56 Å². The predicted molar refractivity (Wildman–Crippen MR) is 163 cm³/mol. The van der Waals surface area contributed by atoms with Gasteiger partial charge in [-0.05, 0) is 94.8 Å². The number of hydrogen-bond donors (Lipinski definition) is 0. The first-order valence-electron chi connectivity index (χ1n) is 15.1. The Balaban J connectivity index is 1.35. The van der Waals surface area contributed by atoms with Crippen LogP contribution in [0.1, 0.15) is 37.3 Å². The molecular formula is C37H25F11O2. The summed E-state index contributed by atoms with van der Waals surface area (Å²) in [7, 11) is 0. The van der Waals surface area contributed by atoms with Crippen molar-refractivity contribution in [2.45, 2.75) is 45.1 Å². The van der Waals surface area contributed by atoms with Crippen LogP contribution in [0.4, 0.5) is 48.3 Å². The number of halogens is 11. The maximum Gasteiger partial charge on any atom is 0.573 e. The second-order valence-corrected chi connectivity index (χ2v) is 11.2. The second kappa shape index (κ2) is 14.4. The molecule has 0 saturated carbocycles. The quantitative estimate of drug-likeness (QED) is 0.100. The highest BCUT2D eigenvalue weighted by Gasteiger charge is 2.41. The summed E-state index contributed by atoms with van der Waals surface area (Å²) in [5, 5.41) is 0. The van der Waals surface area contributed by atoms with E-state index in [-0.39, 0.29) is 16.7 Å². The molecule has 0 unspecified atom stereocenters. The molecule has 0 heterocycles. The molecule has 0 fully saturated rings. The van der Waals surface area contributed by atoms with Crippen LogP contribution in [-0.4, -0.2) is 6.36 Å². The third-order valence-corrected chi connectivity index (χ3v) is 7.67. The molecule has 5 aromatic rings. The van der Waals surface area contributed by atoms with Crippen LogP contribution < -0.4 is 9.47 Å². The normalized spacial score (nSPS) is 11.9. The zero-order chi connectivity index (χ0) is 36.4. The molecule has 0 atom stereocenters. The Morgan fingerprint density at radius 1 is 0.500 bits per heavy atom. The minimum absolute atomic E-state index is 0.0618. The minimum Gasteiger partial charge on any atom is -0.429 e. The Kier molecular flexibility index (Phi) is 10.4. The number of benzene rings is 5. The van der Waals surface area contributed by atoms with E-state index in [1.54, 1.807) is 12.1 Å². The van der Waals surface area contributed by atoms with Gasteiger partial charge in [0.2, 0.25) is 5.75 Å². The van der Waals surface area contributed by atoms with Gasteiger partial charge >= 0.3 is 12.5 Å². The smallest absolute Gasteiger partial charge is 0.429 e. The van der Waals surface area contributed by atoms with Crippen LogP contribution in [0.3, 0.4) is 0 Å². The molecule has 0 aliphatic carbocycles. The molecule has 0 amide bonds. The lowest BCUT2D eigenvalue weighted by Gasteiger charge is -2.20. The number of rotatable bonds is 11. The fourth-order valence-electron chi connectivity index (χ4n) is 5.31. The molecule has 0 aromatic heterocycles. The molecule has 5 rings (SSSR count). The van der Waals surface area contributed by atoms with Gasteiger partial charge in [0.1, 0.15) is 34.6 Å². The molecule has 0 N–H and O–H groups in total. The van der Waals surface area contributed by atoms with Crippen LogP contribution in [0.2, 0.25) is 0 Å². The largest absolute Gasteiger partial charge is 0.573 e. The van der Waals surface area contributed by atoms with Crippen molar-refractivity contribution in [1.29, 1.82) is 0 Å². The van der Waals surface area contributed by atoms with Crippen LogP contribution in [0.15, 0.2) is 84.9 Å². The predicted octanol–water partition coefficient (Wildman–Crippen LogP) is 12.3. The average Bonchev–Trinajstić information content (AvgIpc) is 3.02. The Hall–Kier alpha value is -5.07. The van der Waals surface area contributed by atoms with Gasteiger partial charge in [-0.25, -0.2) is 26.3 Å². The first kappa shape index (κ1) is 36.2. The number of alkyl halides is 5. The Bertz CT molecular complexity index is 1920. The van der Waals surface area contributed by atoms with E-state index in [4.69, 9.17) is 0 Å². The lowest BCUT2D eigenvalue weighted by molar-refractivity contribution is -0.276. The molecule has 0 saturated heterocycles. The van der Waals surface area contributed by atoms with Crippen molar-refractivity contribution in [3.8, 4) is 44.9 Å². The van der Waals surface area contributed by atoms with E-state index in [0.717, 1.165) is 67.6 Å². The summed E-state index contributed by atoms with van der Waals surface area (Å²) in [6, 6.07) is 14.3. The summed E-state index contributed by atoms with van der Waals surface area (Å²) in [5.41, 5.74) is -2.09. The molecule has 0 spiro atoms. The zero-order valence-corrected chi connectivity index (χ0v) is 25.9. The van der Waals surface area contributed by atoms with Gasteiger partial charge < -0.3 is 9.47 Å². The molecule has 5 aromatic carbocycles. The molecule has 0 bridgehead atoms. The standard InChI is InChI=1S/C37H25F11O2/c1-2-3-4-5-20-6-8-21(9-7-20)23-14-27(38)33(28(39)15-23)25-18-29(40)34(30(41)19-25)36(44,45)49-26-12-10-22(11-13-26)24-16-31(42)35(32(43)17-24)50-37(46,47)48/h6-19H,2-5H2,1H3. The molecule has 262 valence electrons. The number of ether oxygens (including phenoxy) is 2. The third kappa shape index (κ3) is 8.20. The zero-order valence-electron chi connectivity index (χ0n) is 25.9. The summed E-state index contributed by atoms with van der Waals surface area (Å²) >= 11 is 0. The fourth-order valence-corrected chi connectivity index (χ4v) is 5.31. The summed E-state index contributed by atoms with van der Waals surface area (Å²) in [6.07, 6.45) is -6.10. The average molecular weight is 711 g/mol. The first-order chi connectivity index (χ1) is 23.6. The first-order valence-corrected chi connectivity index (χ1v) is 15.1. The van der Waals surface area contributed by atoms with E-state index in [1.807, 2.05) is 12.1 Å². The van der Waals surface area contributed by atoms with Gasteiger partial charge in [-0.2, -0.15) is 8.78 Å². The van der Waals surface area contributed by atoms with Crippen molar-refractivity contribution in [2.75, 3.05) is 0 Å². The van der Waals surface area contributed by atoms with Crippen molar-refractivity contribution in [3.63, 3.8) is 0 Å². The summed E-state index contributed by atoms with van der Waals surface area (Å²) in [4.78, 5) is 0. The van der Waals surface area contributed by atoms with Crippen LogP contribution in [-0.2, 0) is 12.5 Å². The molecule has 50 heavy (non-hydrogen) atoms. The summed E-state index contributed by atoms with van der Waals surface area (Å²) < 4.78 is 164. The lowest BCUT2D eigenvalue weighted by atomic mass is 9.96. The van der Waals surface area contributed by atoms with Crippen molar-refractivity contribution in [3.05, 3.63) is 131 Å². The van der Waals surface area contributed by atoms with E-state index in [0.29, 0.717) is 29.8 Å². The molecule has 0 aliphatic heterocycles. The second-order valence-electron chi connectivity index (χ2n) is 11.2. The Labute approximate surface area is 278 Å². The molecule has 2 nitrogen and oxygen atoms in total. The molecular weight excluding hydrogens is 685 g/mol. The van der Waals surface area contributed by atoms with Crippen molar-refractivity contribution >= 4 is 0 Å². The maximum absolute atomic E-state index is 15.2. The van der Waals surface area contributed by atoms with E-state index < -0.39 is 75.6 Å². The number of hydrogen-bond acceptors (Lipinski definition) is 2. The SMILES string of the molecule is CCCCCc1ccc(-c2cc(F)c(-c3cc(F)c(C(F)(F)Oc4ccc(-c5cc(F)c(OC(F)(F)F)c(F)c5)cc4)c(F)c3)c(F)c2)cc1. The maximum atomic E-state index is 15.2. The van der Waals surface area contributed by atoms with Crippen LogP contribution >= 0.6 is 0 Å². The van der Waals surface area contributed by atoms with Gasteiger partial charge in [-0.15, -0.1) is 13.2 Å². The van der Waals surface area contributed by atoms with E-state index in [2.05, 4.69) is 16.4 Å². The van der Waals surface area contributed by atoms with E-state index >= 15 is 26.3 Å². The summed E-state index contributed by atoms with van der Waals surface area (Å²) in [6.45, 7) is 2.08. The van der Waals surface area contributed by atoms with E-state index in [9.17, 15) is 22.0 Å². The number of unbranched alkanes of at least 4 members (excludes halogenated alkanes) is 2. The van der Waals surface area contributed by atoms with Gasteiger partial charge in [0.25, 0.3) is 0 Å². The number of aryl methyl sites for hydroxylation is 1. The van der Waals surface area contributed by atoms with Crippen molar-refractivity contribution < 1.29 is 57.8 Å². The van der Waals surface area contributed by atoms with Gasteiger partial charge in [-0.1, -0.05) is 56.2 Å². The topological polar surface area (TPSA) is 18.5 Å². The van der Waals surface area contributed by atoms with Crippen LogP contribution in [0.25, 0.3) is 33.4 Å². The van der Waals surface area contributed by atoms with Crippen molar-refractivity contribution in [2.24, 2.45) is 0 Å². The van der Waals surface area contributed by atoms with Crippen molar-refractivity contribution in [1.82, 2.24) is 0 Å². The molecule has 0 aliphatic rings. The lowest BCUT2D eigenvalue weighted by Crippen LogP contribution is -2.25. The summed E-state index contributed by atoms with van der Waals surface area (Å²) in [5.74, 6) is -11.9. The molecule has 13 heteroatoms. The van der Waals surface area contributed by atoms with Gasteiger partial charge in [0.15, 0.2) is 11.6 Å². The molecule has 0 radical (unpaired) electrons. The Morgan fingerprint density at radius 2 is 0.960 bits per heavy atom. The monoisotopic (exact) mass is 710 g/mol. The highest BCUT2D eigenvalue weighted by molar-refractivity contribution is 5.72. The van der Waals surface area contributed by atoms with Gasteiger partial charge in [0, 0.05) is 0 Å². The Morgan fingerprint density at radius 3 is 1.44 bits per heavy atom. The van der Waals surface area contributed by atoms with Crippen LogP contribution in [0.5, 0.6) is 11.5 Å². The van der Waals surface area contributed by atoms with E-state index in [1.165, 1.54) is 0 Å². The highest BCUT2D eigenvalue weighted by Crippen LogP contribution is 2.40. The fraction of sp³-hybridized carbons (Fsp3) is 0.189. The minimum atomic E-state index is -5.37. The van der Waals surface area contributed by atoms with Crippen LogP contribution in [0, 0.1) is 34.9 Å². The highest BCUT2D eigenvalue weighted by atomic mass is 19.4. The van der Waals surface area contributed by atoms with Gasteiger partial charge in [-0.3, -0.25) is 0 Å².